The summed E-state index contributed by atoms with van der Waals surface area (Å²) in [5.41, 5.74) is 8.36. The van der Waals surface area contributed by atoms with E-state index >= 15 is 0 Å². The fourth-order valence-electron chi connectivity index (χ4n) is 2.21. The molecule has 17 heavy (non-hydrogen) atoms. The van der Waals surface area contributed by atoms with E-state index in [1.165, 1.54) is 29.3 Å². The third-order valence-corrected chi connectivity index (χ3v) is 3.59. The van der Waals surface area contributed by atoms with Crippen molar-refractivity contribution in [2.24, 2.45) is 5.73 Å². The minimum Gasteiger partial charge on any atom is -0.347 e. The summed E-state index contributed by atoms with van der Waals surface area (Å²) in [5, 5.41) is 1.34. The largest absolute Gasteiger partial charge is 0.347 e. The number of fused-ring (bicyclic) bond motifs is 1. The summed E-state index contributed by atoms with van der Waals surface area (Å²) in [6.07, 6.45) is 5.66. The number of nitrogens with zero attached hydrogens (tertiary/aromatic N) is 1. The van der Waals surface area contributed by atoms with Crippen molar-refractivity contribution in [3.05, 3.63) is 34.4 Å². The summed E-state index contributed by atoms with van der Waals surface area (Å²) in [6.45, 7) is 4.03. The molecule has 1 aromatic carbocycles. The maximum absolute atomic E-state index is 5.67. The second-order valence-electron chi connectivity index (χ2n) is 4.40. The first kappa shape index (κ1) is 12.7. The van der Waals surface area contributed by atoms with Crippen LogP contribution in [-0.2, 0) is 13.0 Å². The molecule has 3 heteroatoms. The molecule has 0 saturated carbocycles. The molecule has 0 fully saturated rings. The van der Waals surface area contributed by atoms with Gasteiger partial charge < -0.3 is 10.3 Å². The van der Waals surface area contributed by atoms with Crippen molar-refractivity contribution in [2.75, 3.05) is 6.54 Å². The van der Waals surface area contributed by atoms with Crippen molar-refractivity contribution in [3.8, 4) is 0 Å². The van der Waals surface area contributed by atoms with Gasteiger partial charge in [0.1, 0.15) is 0 Å². The number of aryl methyl sites for hydroxylation is 1. The Balaban J connectivity index is 2.46. The van der Waals surface area contributed by atoms with Gasteiger partial charge in [-0.1, -0.05) is 35.3 Å². The Morgan fingerprint density at radius 3 is 2.88 bits per heavy atom. The molecule has 92 valence electrons. The van der Waals surface area contributed by atoms with E-state index < -0.39 is 0 Å². The molecule has 0 saturated heterocycles. The molecule has 0 aliphatic rings. The van der Waals surface area contributed by atoms with Crippen LogP contribution in [0.15, 0.2) is 28.9 Å². The van der Waals surface area contributed by atoms with Crippen LogP contribution in [0, 0.1) is 0 Å². The molecule has 2 nitrogen and oxygen atoms in total. The number of aromatic nitrogens is 1. The Kier molecular flexibility index (Phi) is 4.24. The summed E-state index contributed by atoms with van der Waals surface area (Å²) in [7, 11) is 0. The lowest BCUT2D eigenvalue weighted by molar-refractivity contribution is 0.648. The number of unbranched alkanes of at least 4 members (excludes halogenated alkanes) is 1. The topological polar surface area (TPSA) is 30.9 Å². The number of benzene rings is 1. The summed E-state index contributed by atoms with van der Waals surface area (Å²) in [5.74, 6) is 0. The van der Waals surface area contributed by atoms with Gasteiger partial charge in [0.15, 0.2) is 0 Å². The van der Waals surface area contributed by atoms with Crippen molar-refractivity contribution in [2.45, 2.75) is 32.7 Å². The van der Waals surface area contributed by atoms with E-state index in [1.807, 2.05) is 0 Å². The van der Waals surface area contributed by atoms with Crippen LogP contribution in [0.5, 0.6) is 0 Å². The SMILES string of the molecule is CCCCn1cc(CCN)c2ccc(Br)cc21. The van der Waals surface area contributed by atoms with E-state index in [0.717, 1.165) is 17.4 Å². The van der Waals surface area contributed by atoms with Gasteiger partial charge in [-0.15, -0.1) is 0 Å². The smallest absolute Gasteiger partial charge is 0.0494 e. The summed E-state index contributed by atoms with van der Waals surface area (Å²) in [4.78, 5) is 0. The van der Waals surface area contributed by atoms with E-state index in [9.17, 15) is 0 Å². The molecular weight excluding hydrogens is 276 g/mol. The van der Waals surface area contributed by atoms with E-state index in [4.69, 9.17) is 5.73 Å². The lowest BCUT2D eigenvalue weighted by Crippen LogP contribution is -2.02. The molecule has 0 bridgehead atoms. The first-order valence-electron chi connectivity index (χ1n) is 6.23. The standard InChI is InChI=1S/C14H19BrN2/c1-2-3-8-17-10-11(6-7-16)13-5-4-12(15)9-14(13)17/h4-5,9-10H,2-3,6-8,16H2,1H3. The van der Waals surface area contributed by atoms with Gasteiger partial charge in [-0.3, -0.25) is 0 Å². The van der Waals surface area contributed by atoms with Crippen LogP contribution in [0.25, 0.3) is 10.9 Å². The lowest BCUT2D eigenvalue weighted by atomic mass is 10.1. The van der Waals surface area contributed by atoms with E-state index in [2.05, 4.69) is 51.8 Å². The van der Waals surface area contributed by atoms with Gasteiger partial charge in [0.25, 0.3) is 0 Å². The highest BCUT2D eigenvalue weighted by Gasteiger charge is 2.07. The summed E-state index contributed by atoms with van der Waals surface area (Å²) >= 11 is 3.54. The molecule has 0 radical (unpaired) electrons. The molecular formula is C14H19BrN2. The Labute approximate surface area is 111 Å². The molecule has 0 amide bonds. The number of rotatable bonds is 5. The van der Waals surface area contributed by atoms with E-state index in [0.29, 0.717) is 6.54 Å². The fraction of sp³-hybridized carbons (Fsp3) is 0.429. The van der Waals surface area contributed by atoms with Gasteiger partial charge >= 0.3 is 0 Å². The normalized spacial score (nSPS) is 11.2. The molecule has 1 aromatic heterocycles. The number of nitrogens with two attached hydrogens (primary N) is 1. The zero-order valence-electron chi connectivity index (χ0n) is 10.2. The molecule has 2 rings (SSSR count). The van der Waals surface area contributed by atoms with Crippen LogP contribution < -0.4 is 5.73 Å². The van der Waals surface area contributed by atoms with Gasteiger partial charge in [-0.05, 0) is 37.1 Å². The Hall–Kier alpha value is -0.800. The second-order valence-corrected chi connectivity index (χ2v) is 5.32. The highest BCUT2D eigenvalue weighted by molar-refractivity contribution is 9.10. The quantitative estimate of drug-likeness (QED) is 0.895. The predicted molar refractivity (Wildman–Crippen MR) is 77.3 cm³/mol. The minimum absolute atomic E-state index is 0.711. The monoisotopic (exact) mass is 294 g/mol. The first-order valence-corrected chi connectivity index (χ1v) is 7.03. The van der Waals surface area contributed by atoms with E-state index in [1.54, 1.807) is 0 Å². The zero-order chi connectivity index (χ0) is 12.3. The average Bonchev–Trinajstić information content (AvgIpc) is 2.65. The highest BCUT2D eigenvalue weighted by atomic mass is 79.9. The van der Waals surface area contributed by atoms with Gasteiger partial charge in [-0.2, -0.15) is 0 Å². The Morgan fingerprint density at radius 1 is 1.35 bits per heavy atom. The van der Waals surface area contributed by atoms with Gasteiger partial charge in [0, 0.05) is 28.1 Å². The van der Waals surface area contributed by atoms with Gasteiger partial charge in [0.2, 0.25) is 0 Å². The van der Waals surface area contributed by atoms with Crippen LogP contribution in [-0.4, -0.2) is 11.1 Å². The van der Waals surface area contributed by atoms with Crippen molar-refractivity contribution in [1.82, 2.24) is 4.57 Å². The summed E-state index contributed by atoms with van der Waals surface area (Å²) < 4.78 is 3.49. The molecule has 0 atom stereocenters. The van der Waals surface area contributed by atoms with Crippen LogP contribution >= 0.6 is 15.9 Å². The number of hydrogen-bond acceptors (Lipinski definition) is 1. The third-order valence-electron chi connectivity index (χ3n) is 3.09. The van der Waals surface area contributed by atoms with Crippen LogP contribution in [0.3, 0.4) is 0 Å². The van der Waals surface area contributed by atoms with Crippen LogP contribution in [0.1, 0.15) is 25.3 Å². The van der Waals surface area contributed by atoms with Crippen LogP contribution in [0.4, 0.5) is 0 Å². The average molecular weight is 295 g/mol. The number of halogens is 1. The molecule has 0 unspecified atom stereocenters. The fourth-order valence-corrected chi connectivity index (χ4v) is 2.56. The maximum atomic E-state index is 5.67. The molecule has 2 N–H and O–H groups in total. The number of hydrogen-bond donors (Lipinski definition) is 1. The Morgan fingerprint density at radius 2 is 2.18 bits per heavy atom. The molecule has 1 heterocycles. The third kappa shape index (κ3) is 2.72. The molecule has 0 spiro atoms. The lowest BCUT2D eigenvalue weighted by Gasteiger charge is -2.03. The highest BCUT2D eigenvalue weighted by Crippen LogP contribution is 2.25. The molecule has 0 aliphatic heterocycles. The zero-order valence-corrected chi connectivity index (χ0v) is 11.8. The predicted octanol–water partition coefficient (Wildman–Crippen LogP) is 3.71. The molecule has 0 aliphatic carbocycles. The van der Waals surface area contributed by atoms with Crippen molar-refractivity contribution in [3.63, 3.8) is 0 Å². The Bertz CT molecular complexity index is 502. The summed E-state index contributed by atoms with van der Waals surface area (Å²) in [6, 6.07) is 6.49. The molecule has 2 aromatic rings. The van der Waals surface area contributed by atoms with Crippen LogP contribution in [0.2, 0.25) is 0 Å². The minimum atomic E-state index is 0.711. The first-order chi connectivity index (χ1) is 8.26. The van der Waals surface area contributed by atoms with Crippen molar-refractivity contribution < 1.29 is 0 Å². The maximum Gasteiger partial charge on any atom is 0.0494 e. The second kappa shape index (κ2) is 5.69. The van der Waals surface area contributed by atoms with Crippen molar-refractivity contribution >= 4 is 26.8 Å². The van der Waals surface area contributed by atoms with Gasteiger partial charge in [0.05, 0.1) is 0 Å². The van der Waals surface area contributed by atoms with Crippen molar-refractivity contribution in [1.29, 1.82) is 0 Å². The van der Waals surface area contributed by atoms with E-state index in [-0.39, 0.29) is 0 Å². The van der Waals surface area contributed by atoms with Gasteiger partial charge in [-0.25, -0.2) is 0 Å².